The van der Waals surface area contributed by atoms with Gasteiger partial charge < -0.3 is 10.3 Å². The maximum absolute atomic E-state index is 5.76. The van der Waals surface area contributed by atoms with Gasteiger partial charge in [0.15, 0.2) is 0 Å². The standard InChI is InChI=1S/C17H21N3S/c1-10-12(3)20(9-17-19-11(2)13(4)21-17)16-6-5-14(8-18)7-15(10)16/h5-7H,8-9,18H2,1-4H3. The summed E-state index contributed by atoms with van der Waals surface area (Å²) in [6.07, 6.45) is 0. The third-order valence-electron chi connectivity index (χ3n) is 4.31. The number of aromatic nitrogens is 2. The molecule has 3 nitrogen and oxygen atoms in total. The minimum Gasteiger partial charge on any atom is -0.338 e. The van der Waals surface area contributed by atoms with Crippen molar-refractivity contribution in [2.75, 3.05) is 0 Å². The van der Waals surface area contributed by atoms with Gasteiger partial charge in [-0.2, -0.15) is 0 Å². The fourth-order valence-corrected chi connectivity index (χ4v) is 3.69. The molecule has 4 heteroatoms. The Morgan fingerprint density at radius 2 is 1.95 bits per heavy atom. The van der Waals surface area contributed by atoms with Crippen LogP contribution in [0.15, 0.2) is 18.2 Å². The van der Waals surface area contributed by atoms with Crippen molar-refractivity contribution in [2.45, 2.75) is 40.8 Å². The van der Waals surface area contributed by atoms with Gasteiger partial charge in [-0.05, 0) is 51.0 Å². The van der Waals surface area contributed by atoms with Crippen molar-refractivity contribution >= 4 is 22.2 Å². The first-order valence-corrected chi connectivity index (χ1v) is 8.04. The predicted octanol–water partition coefficient (Wildman–Crippen LogP) is 3.84. The van der Waals surface area contributed by atoms with Crippen LogP contribution in [0.1, 0.15) is 32.4 Å². The lowest BCUT2D eigenvalue weighted by molar-refractivity contribution is 0.791. The smallest absolute Gasteiger partial charge is 0.113 e. The molecule has 1 aromatic carbocycles. The number of hydrogen-bond donors (Lipinski definition) is 1. The SMILES string of the molecule is Cc1nc(Cn2c(C)c(C)c3cc(CN)ccc32)sc1C. The Morgan fingerprint density at radius 3 is 2.57 bits per heavy atom. The molecule has 2 N–H and O–H groups in total. The summed E-state index contributed by atoms with van der Waals surface area (Å²) in [6.45, 7) is 10.0. The minimum absolute atomic E-state index is 0.588. The summed E-state index contributed by atoms with van der Waals surface area (Å²) in [6, 6.07) is 6.52. The van der Waals surface area contributed by atoms with Gasteiger partial charge in [-0.15, -0.1) is 11.3 Å². The monoisotopic (exact) mass is 299 g/mol. The van der Waals surface area contributed by atoms with E-state index in [1.165, 1.54) is 37.6 Å². The molecular weight excluding hydrogens is 278 g/mol. The third kappa shape index (κ3) is 2.39. The molecule has 0 aliphatic heterocycles. The highest BCUT2D eigenvalue weighted by Crippen LogP contribution is 2.28. The molecule has 2 aromatic heterocycles. The van der Waals surface area contributed by atoms with E-state index < -0.39 is 0 Å². The molecule has 0 fully saturated rings. The molecule has 0 unspecified atom stereocenters. The maximum atomic E-state index is 5.76. The zero-order valence-electron chi connectivity index (χ0n) is 13.0. The van der Waals surface area contributed by atoms with Crippen LogP contribution in [0.25, 0.3) is 10.9 Å². The molecule has 0 saturated heterocycles. The zero-order chi connectivity index (χ0) is 15.1. The Balaban J connectivity index is 2.11. The molecule has 0 atom stereocenters. The molecule has 0 radical (unpaired) electrons. The van der Waals surface area contributed by atoms with Crippen LogP contribution < -0.4 is 5.73 Å². The van der Waals surface area contributed by atoms with Crippen molar-refractivity contribution < 1.29 is 0 Å². The molecule has 0 spiro atoms. The second-order valence-corrected chi connectivity index (χ2v) is 6.89. The summed E-state index contributed by atoms with van der Waals surface area (Å²) < 4.78 is 2.36. The van der Waals surface area contributed by atoms with Gasteiger partial charge in [0.1, 0.15) is 5.01 Å². The van der Waals surface area contributed by atoms with E-state index in [4.69, 9.17) is 5.73 Å². The average molecular weight is 299 g/mol. The number of hydrogen-bond acceptors (Lipinski definition) is 3. The summed E-state index contributed by atoms with van der Waals surface area (Å²) in [5, 5.41) is 2.48. The van der Waals surface area contributed by atoms with Gasteiger partial charge in [-0.1, -0.05) is 6.07 Å². The van der Waals surface area contributed by atoms with Crippen LogP contribution in [0.4, 0.5) is 0 Å². The topological polar surface area (TPSA) is 43.8 Å². The molecule has 0 aliphatic rings. The Morgan fingerprint density at radius 1 is 1.19 bits per heavy atom. The van der Waals surface area contributed by atoms with Crippen LogP contribution in [0.5, 0.6) is 0 Å². The summed E-state index contributed by atoms with van der Waals surface area (Å²) in [5.41, 5.74) is 12.0. The quantitative estimate of drug-likeness (QED) is 0.798. The highest BCUT2D eigenvalue weighted by molar-refractivity contribution is 7.11. The Bertz CT molecular complexity index is 792. The molecule has 0 amide bonds. The van der Waals surface area contributed by atoms with E-state index in [9.17, 15) is 0 Å². The second-order valence-electron chi connectivity index (χ2n) is 5.60. The fourth-order valence-electron chi connectivity index (χ4n) is 2.77. The van der Waals surface area contributed by atoms with Crippen molar-refractivity contribution in [2.24, 2.45) is 5.73 Å². The van der Waals surface area contributed by atoms with E-state index >= 15 is 0 Å². The van der Waals surface area contributed by atoms with Crippen LogP contribution in [0.3, 0.4) is 0 Å². The van der Waals surface area contributed by atoms with Crippen LogP contribution >= 0.6 is 11.3 Å². The lowest BCUT2D eigenvalue weighted by Gasteiger charge is -2.06. The highest BCUT2D eigenvalue weighted by Gasteiger charge is 2.13. The van der Waals surface area contributed by atoms with E-state index in [1.54, 1.807) is 11.3 Å². The summed E-state index contributed by atoms with van der Waals surface area (Å²) >= 11 is 1.79. The summed E-state index contributed by atoms with van der Waals surface area (Å²) in [7, 11) is 0. The first-order valence-electron chi connectivity index (χ1n) is 7.22. The first kappa shape index (κ1) is 14.3. The van der Waals surface area contributed by atoms with E-state index in [1.807, 2.05) is 0 Å². The van der Waals surface area contributed by atoms with Crippen molar-refractivity contribution in [3.05, 3.63) is 50.6 Å². The van der Waals surface area contributed by atoms with Crippen molar-refractivity contribution in [3.8, 4) is 0 Å². The number of fused-ring (bicyclic) bond motifs is 1. The number of benzene rings is 1. The molecule has 3 rings (SSSR count). The van der Waals surface area contributed by atoms with E-state index in [0.717, 1.165) is 12.2 Å². The molecule has 110 valence electrons. The maximum Gasteiger partial charge on any atom is 0.113 e. The summed E-state index contributed by atoms with van der Waals surface area (Å²) in [5.74, 6) is 0. The number of aryl methyl sites for hydroxylation is 3. The third-order valence-corrected chi connectivity index (χ3v) is 5.36. The van der Waals surface area contributed by atoms with Crippen LogP contribution in [-0.2, 0) is 13.1 Å². The molecule has 0 bridgehead atoms. The van der Waals surface area contributed by atoms with Gasteiger partial charge in [-0.25, -0.2) is 4.98 Å². The molecule has 21 heavy (non-hydrogen) atoms. The zero-order valence-corrected chi connectivity index (χ0v) is 13.8. The van der Waals surface area contributed by atoms with Crippen molar-refractivity contribution in [1.82, 2.24) is 9.55 Å². The predicted molar refractivity (Wildman–Crippen MR) is 90.0 cm³/mol. The Kier molecular flexibility index (Phi) is 3.59. The number of rotatable bonds is 3. The molecule has 3 aromatic rings. The molecule has 2 heterocycles. The van der Waals surface area contributed by atoms with Crippen molar-refractivity contribution in [3.63, 3.8) is 0 Å². The van der Waals surface area contributed by atoms with E-state index in [0.29, 0.717) is 6.54 Å². The van der Waals surface area contributed by atoms with Gasteiger partial charge in [0.25, 0.3) is 0 Å². The Hall–Kier alpha value is -1.65. The number of nitrogens with two attached hydrogens (primary N) is 1. The highest BCUT2D eigenvalue weighted by atomic mass is 32.1. The van der Waals surface area contributed by atoms with Crippen LogP contribution in [0, 0.1) is 27.7 Å². The molecular formula is C17H21N3S. The van der Waals surface area contributed by atoms with Crippen molar-refractivity contribution in [1.29, 1.82) is 0 Å². The fraction of sp³-hybridized carbons (Fsp3) is 0.353. The second kappa shape index (κ2) is 5.28. The molecule has 0 aliphatic carbocycles. The largest absolute Gasteiger partial charge is 0.338 e. The normalized spacial score (nSPS) is 11.5. The number of nitrogens with zero attached hydrogens (tertiary/aromatic N) is 2. The Labute approximate surface area is 129 Å². The lowest BCUT2D eigenvalue weighted by atomic mass is 10.1. The van der Waals surface area contributed by atoms with Gasteiger partial charge in [0.2, 0.25) is 0 Å². The number of thiazole rings is 1. The first-order chi connectivity index (χ1) is 10.0. The van der Waals surface area contributed by atoms with E-state index in [2.05, 4.69) is 55.4 Å². The minimum atomic E-state index is 0.588. The average Bonchev–Trinajstić information content (AvgIpc) is 2.91. The lowest BCUT2D eigenvalue weighted by Crippen LogP contribution is -2.02. The van der Waals surface area contributed by atoms with E-state index in [-0.39, 0.29) is 0 Å². The van der Waals surface area contributed by atoms with Gasteiger partial charge in [0.05, 0.1) is 12.2 Å². The van der Waals surface area contributed by atoms with Gasteiger partial charge in [-0.3, -0.25) is 0 Å². The molecule has 0 saturated carbocycles. The summed E-state index contributed by atoms with van der Waals surface area (Å²) in [4.78, 5) is 5.98. The van der Waals surface area contributed by atoms with Gasteiger partial charge in [0, 0.05) is 28.0 Å². The van der Waals surface area contributed by atoms with Crippen LogP contribution in [0.2, 0.25) is 0 Å². The van der Waals surface area contributed by atoms with Gasteiger partial charge >= 0.3 is 0 Å². The van der Waals surface area contributed by atoms with Crippen LogP contribution in [-0.4, -0.2) is 9.55 Å².